The first-order chi connectivity index (χ1) is 9.63. The first kappa shape index (κ1) is 15.4. The number of likely N-dealkylation sites (tertiary alicyclic amines) is 1. The van der Waals surface area contributed by atoms with Crippen LogP contribution >= 0.6 is 15.9 Å². The van der Waals surface area contributed by atoms with Crippen molar-refractivity contribution in [2.75, 3.05) is 30.9 Å². The molecule has 1 saturated heterocycles. The molecule has 0 N–H and O–H groups in total. The summed E-state index contributed by atoms with van der Waals surface area (Å²) < 4.78 is 0. The Bertz CT molecular complexity index is 444. The molecular weight excluding hydrogens is 316 g/mol. The number of amides is 1. The highest BCUT2D eigenvalue weighted by Gasteiger charge is 2.28. The number of rotatable bonds is 5. The van der Waals surface area contributed by atoms with Crippen molar-refractivity contribution in [3.8, 4) is 0 Å². The molecule has 1 aromatic rings. The lowest BCUT2D eigenvalue weighted by Crippen LogP contribution is -2.35. The van der Waals surface area contributed by atoms with Gasteiger partial charge in [0.15, 0.2) is 0 Å². The Morgan fingerprint density at radius 1 is 1.35 bits per heavy atom. The van der Waals surface area contributed by atoms with Gasteiger partial charge in [-0.05, 0) is 49.9 Å². The fourth-order valence-corrected chi connectivity index (χ4v) is 3.11. The Labute approximate surface area is 130 Å². The zero-order chi connectivity index (χ0) is 14.5. The van der Waals surface area contributed by atoms with Crippen LogP contribution in [0.1, 0.15) is 36.0 Å². The third-order valence-electron chi connectivity index (χ3n) is 3.94. The second kappa shape index (κ2) is 7.11. The molecule has 20 heavy (non-hydrogen) atoms. The van der Waals surface area contributed by atoms with Gasteiger partial charge in [-0.1, -0.05) is 15.9 Å². The van der Waals surface area contributed by atoms with E-state index in [1.807, 2.05) is 43.3 Å². The van der Waals surface area contributed by atoms with Gasteiger partial charge in [0.05, 0.1) is 0 Å². The Balaban J connectivity index is 2.06. The lowest BCUT2D eigenvalue weighted by Gasteiger charge is -2.25. The number of hydrogen-bond donors (Lipinski definition) is 0. The van der Waals surface area contributed by atoms with Crippen molar-refractivity contribution in [2.45, 2.75) is 31.7 Å². The summed E-state index contributed by atoms with van der Waals surface area (Å²) in [4.78, 5) is 16.7. The topological polar surface area (TPSA) is 23.6 Å². The molecule has 0 bridgehead atoms. The Hall–Kier alpha value is -1.03. The molecule has 1 aliphatic rings. The summed E-state index contributed by atoms with van der Waals surface area (Å²) in [7, 11) is 4.02. The summed E-state index contributed by atoms with van der Waals surface area (Å²) in [6, 6.07) is 8.33. The van der Waals surface area contributed by atoms with Gasteiger partial charge >= 0.3 is 0 Å². The van der Waals surface area contributed by atoms with Gasteiger partial charge in [-0.25, -0.2) is 0 Å². The standard InChI is InChI=1S/C16H23BrN2O/c1-18(2)14-9-7-13(8-10-14)16(20)19-12-4-6-15(19)5-3-11-17/h7-10,15H,3-6,11-12H2,1-2H3. The average Bonchev–Trinajstić information content (AvgIpc) is 2.92. The third-order valence-corrected chi connectivity index (χ3v) is 4.50. The van der Waals surface area contributed by atoms with E-state index in [0.717, 1.165) is 48.8 Å². The Kier molecular flexibility index (Phi) is 5.46. The van der Waals surface area contributed by atoms with Gasteiger partial charge in [0, 0.05) is 43.3 Å². The van der Waals surface area contributed by atoms with Crippen LogP contribution < -0.4 is 4.90 Å². The van der Waals surface area contributed by atoms with E-state index in [0.29, 0.717) is 6.04 Å². The molecule has 0 radical (unpaired) electrons. The molecule has 110 valence electrons. The normalized spacial score (nSPS) is 18.4. The highest BCUT2D eigenvalue weighted by Crippen LogP contribution is 2.24. The lowest BCUT2D eigenvalue weighted by molar-refractivity contribution is 0.0730. The van der Waals surface area contributed by atoms with Gasteiger partial charge in [0.1, 0.15) is 0 Å². The third kappa shape index (κ3) is 3.54. The molecule has 1 amide bonds. The molecule has 0 spiro atoms. The van der Waals surface area contributed by atoms with Crippen molar-refractivity contribution >= 4 is 27.5 Å². The average molecular weight is 339 g/mol. The van der Waals surface area contributed by atoms with Gasteiger partial charge in [-0.2, -0.15) is 0 Å². The molecule has 1 aromatic carbocycles. The smallest absolute Gasteiger partial charge is 0.254 e. The second-order valence-corrected chi connectivity index (χ2v) is 6.36. The van der Waals surface area contributed by atoms with Crippen LogP contribution in [0.4, 0.5) is 5.69 Å². The number of nitrogens with zero attached hydrogens (tertiary/aromatic N) is 2. The Morgan fingerprint density at radius 3 is 2.65 bits per heavy atom. The van der Waals surface area contributed by atoms with Gasteiger partial charge in [0.25, 0.3) is 5.91 Å². The number of benzene rings is 1. The van der Waals surface area contributed by atoms with Crippen LogP contribution in [0.15, 0.2) is 24.3 Å². The van der Waals surface area contributed by atoms with Crippen molar-refractivity contribution in [3.63, 3.8) is 0 Å². The Morgan fingerprint density at radius 2 is 2.05 bits per heavy atom. The molecule has 2 rings (SSSR count). The van der Waals surface area contributed by atoms with Crippen molar-refractivity contribution < 1.29 is 4.79 Å². The van der Waals surface area contributed by atoms with Gasteiger partial charge in [-0.15, -0.1) is 0 Å². The molecule has 0 aliphatic carbocycles. The fourth-order valence-electron chi connectivity index (χ4n) is 2.78. The van der Waals surface area contributed by atoms with E-state index in [2.05, 4.69) is 20.8 Å². The van der Waals surface area contributed by atoms with E-state index in [1.54, 1.807) is 0 Å². The number of carbonyl (C=O) groups is 1. The van der Waals surface area contributed by atoms with Crippen molar-refractivity contribution in [1.82, 2.24) is 4.90 Å². The molecule has 0 aromatic heterocycles. The highest BCUT2D eigenvalue weighted by atomic mass is 79.9. The first-order valence-electron chi connectivity index (χ1n) is 7.28. The minimum atomic E-state index is 0.187. The maximum absolute atomic E-state index is 12.6. The van der Waals surface area contributed by atoms with E-state index >= 15 is 0 Å². The van der Waals surface area contributed by atoms with Gasteiger partial charge in [-0.3, -0.25) is 4.79 Å². The highest BCUT2D eigenvalue weighted by molar-refractivity contribution is 9.09. The minimum Gasteiger partial charge on any atom is -0.378 e. The maximum Gasteiger partial charge on any atom is 0.254 e. The first-order valence-corrected chi connectivity index (χ1v) is 8.40. The SMILES string of the molecule is CN(C)c1ccc(C(=O)N2CCCC2CCCBr)cc1. The molecule has 3 nitrogen and oxygen atoms in total. The summed E-state index contributed by atoms with van der Waals surface area (Å²) >= 11 is 3.47. The second-order valence-electron chi connectivity index (χ2n) is 5.57. The van der Waals surface area contributed by atoms with Gasteiger partial charge in [0.2, 0.25) is 0 Å². The van der Waals surface area contributed by atoms with E-state index in [4.69, 9.17) is 0 Å². The molecule has 4 heteroatoms. The molecule has 1 unspecified atom stereocenters. The van der Waals surface area contributed by atoms with Gasteiger partial charge < -0.3 is 9.80 Å². The fraction of sp³-hybridized carbons (Fsp3) is 0.562. The maximum atomic E-state index is 12.6. The quantitative estimate of drug-likeness (QED) is 0.766. The lowest BCUT2D eigenvalue weighted by atomic mass is 10.1. The van der Waals surface area contributed by atoms with Crippen molar-refractivity contribution in [1.29, 1.82) is 0 Å². The molecule has 1 atom stereocenters. The number of anilines is 1. The van der Waals surface area contributed by atoms with E-state index in [1.165, 1.54) is 0 Å². The van der Waals surface area contributed by atoms with Crippen LogP contribution in [0.25, 0.3) is 0 Å². The summed E-state index contributed by atoms with van der Waals surface area (Å²) in [5.41, 5.74) is 1.93. The van der Waals surface area contributed by atoms with E-state index < -0.39 is 0 Å². The number of halogens is 1. The molecule has 1 aliphatic heterocycles. The predicted octanol–water partition coefficient (Wildman–Crippen LogP) is 3.53. The number of hydrogen-bond acceptors (Lipinski definition) is 2. The summed E-state index contributed by atoms with van der Waals surface area (Å²) in [6.07, 6.45) is 4.52. The van der Waals surface area contributed by atoms with Crippen molar-refractivity contribution in [3.05, 3.63) is 29.8 Å². The van der Waals surface area contributed by atoms with Crippen LogP contribution in [-0.2, 0) is 0 Å². The van der Waals surface area contributed by atoms with E-state index in [-0.39, 0.29) is 5.91 Å². The van der Waals surface area contributed by atoms with E-state index in [9.17, 15) is 4.79 Å². The molecule has 0 saturated carbocycles. The largest absolute Gasteiger partial charge is 0.378 e. The number of alkyl halides is 1. The zero-order valence-corrected chi connectivity index (χ0v) is 13.9. The van der Waals surface area contributed by atoms with Crippen molar-refractivity contribution in [2.24, 2.45) is 0 Å². The predicted molar refractivity (Wildman–Crippen MR) is 87.9 cm³/mol. The summed E-state index contributed by atoms with van der Waals surface area (Å²) in [5, 5.41) is 1.02. The monoisotopic (exact) mass is 338 g/mol. The summed E-state index contributed by atoms with van der Waals surface area (Å²) in [6.45, 7) is 0.904. The van der Waals surface area contributed by atoms with Crippen LogP contribution in [0.2, 0.25) is 0 Å². The molecule has 1 fully saturated rings. The molecule has 1 heterocycles. The number of carbonyl (C=O) groups excluding carboxylic acids is 1. The minimum absolute atomic E-state index is 0.187. The van der Waals surface area contributed by atoms with Crippen LogP contribution in [0.5, 0.6) is 0 Å². The van der Waals surface area contributed by atoms with Crippen LogP contribution in [0.3, 0.4) is 0 Å². The summed E-state index contributed by atoms with van der Waals surface area (Å²) in [5.74, 6) is 0.187. The van der Waals surface area contributed by atoms with Crippen LogP contribution in [0, 0.1) is 0 Å². The van der Waals surface area contributed by atoms with Crippen LogP contribution in [-0.4, -0.2) is 42.8 Å². The zero-order valence-electron chi connectivity index (χ0n) is 12.3. The molecular formula is C16H23BrN2O.